The lowest BCUT2D eigenvalue weighted by Gasteiger charge is -2.32. The van der Waals surface area contributed by atoms with E-state index >= 15 is 0 Å². The van der Waals surface area contributed by atoms with Gasteiger partial charge in [0, 0.05) is 18.4 Å². The summed E-state index contributed by atoms with van der Waals surface area (Å²) >= 11 is 0. The molecule has 1 aliphatic carbocycles. The molecular formula is C10H17N3. The van der Waals surface area contributed by atoms with E-state index in [1.54, 1.807) is 0 Å². The van der Waals surface area contributed by atoms with Crippen molar-refractivity contribution in [1.29, 1.82) is 0 Å². The molecule has 0 bridgehead atoms. The van der Waals surface area contributed by atoms with Crippen LogP contribution >= 0.6 is 0 Å². The van der Waals surface area contributed by atoms with Crippen molar-refractivity contribution < 1.29 is 0 Å². The Labute approximate surface area is 78.9 Å². The SMILES string of the molecule is CC1CCC(N)C(n2cccn2)C1. The molecule has 1 saturated carbocycles. The van der Waals surface area contributed by atoms with Gasteiger partial charge in [0.15, 0.2) is 0 Å². The van der Waals surface area contributed by atoms with Crippen molar-refractivity contribution in [1.82, 2.24) is 9.78 Å². The van der Waals surface area contributed by atoms with Crippen molar-refractivity contribution >= 4 is 0 Å². The first-order chi connectivity index (χ1) is 6.27. The lowest BCUT2D eigenvalue weighted by Crippen LogP contribution is -2.37. The predicted octanol–water partition coefficient (Wildman–Crippen LogP) is 1.57. The minimum absolute atomic E-state index is 0.288. The Kier molecular flexibility index (Phi) is 2.36. The van der Waals surface area contributed by atoms with E-state index in [1.165, 1.54) is 12.8 Å². The maximum atomic E-state index is 6.07. The number of hydrogen-bond donors (Lipinski definition) is 1. The van der Waals surface area contributed by atoms with Gasteiger partial charge >= 0.3 is 0 Å². The number of aromatic nitrogens is 2. The molecule has 1 fully saturated rings. The van der Waals surface area contributed by atoms with Crippen LogP contribution in [0.15, 0.2) is 18.5 Å². The van der Waals surface area contributed by atoms with Crippen LogP contribution < -0.4 is 5.73 Å². The Morgan fingerprint density at radius 2 is 2.31 bits per heavy atom. The first kappa shape index (κ1) is 8.75. The summed E-state index contributed by atoms with van der Waals surface area (Å²) in [6.07, 6.45) is 7.40. The third-order valence-electron chi connectivity index (χ3n) is 3.00. The third-order valence-corrected chi connectivity index (χ3v) is 3.00. The van der Waals surface area contributed by atoms with E-state index in [9.17, 15) is 0 Å². The summed E-state index contributed by atoms with van der Waals surface area (Å²) in [5.74, 6) is 0.786. The van der Waals surface area contributed by atoms with Gasteiger partial charge in [-0.05, 0) is 31.2 Å². The molecule has 0 saturated heterocycles. The minimum Gasteiger partial charge on any atom is -0.326 e. The monoisotopic (exact) mass is 179 g/mol. The molecule has 3 unspecified atom stereocenters. The van der Waals surface area contributed by atoms with Gasteiger partial charge < -0.3 is 5.73 Å². The molecule has 3 heteroatoms. The fraction of sp³-hybridized carbons (Fsp3) is 0.700. The molecular weight excluding hydrogens is 162 g/mol. The van der Waals surface area contributed by atoms with E-state index in [1.807, 2.05) is 23.1 Å². The molecule has 72 valence electrons. The highest BCUT2D eigenvalue weighted by molar-refractivity contribution is 4.89. The lowest BCUT2D eigenvalue weighted by atomic mass is 9.84. The van der Waals surface area contributed by atoms with Gasteiger partial charge in [0.1, 0.15) is 0 Å². The Hall–Kier alpha value is -0.830. The van der Waals surface area contributed by atoms with Crippen molar-refractivity contribution in [2.24, 2.45) is 11.7 Å². The van der Waals surface area contributed by atoms with Crippen LogP contribution in [0.2, 0.25) is 0 Å². The van der Waals surface area contributed by atoms with Crippen molar-refractivity contribution in [3.8, 4) is 0 Å². The van der Waals surface area contributed by atoms with Crippen molar-refractivity contribution in [3.05, 3.63) is 18.5 Å². The maximum absolute atomic E-state index is 6.07. The first-order valence-corrected chi connectivity index (χ1v) is 5.02. The Morgan fingerprint density at radius 1 is 1.46 bits per heavy atom. The number of rotatable bonds is 1. The van der Waals surface area contributed by atoms with E-state index in [-0.39, 0.29) is 6.04 Å². The molecule has 0 spiro atoms. The molecule has 0 aromatic carbocycles. The average molecular weight is 179 g/mol. The van der Waals surface area contributed by atoms with Crippen molar-refractivity contribution in [2.45, 2.75) is 38.3 Å². The molecule has 1 aliphatic rings. The third kappa shape index (κ3) is 1.75. The van der Waals surface area contributed by atoms with Gasteiger partial charge in [0.05, 0.1) is 6.04 Å². The van der Waals surface area contributed by atoms with Crippen LogP contribution in [0.5, 0.6) is 0 Å². The summed E-state index contributed by atoms with van der Waals surface area (Å²) in [7, 11) is 0. The van der Waals surface area contributed by atoms with Crippen LogP contribution in [0, 0.1) is 5.92 Å². The van der Waals surface area contributed by atoms with E-state index in [4.69, 9.17) is 5.73 Å². The van der Waals surface area contributed by atoms with E-state index in [2.05, 4.69) is 12.0 Å². The molecule has 0 radical (unpaired) electrons. The fourth-order valence-electron chi connectivity index (χ4n) is 2.16. The number of nitrogens with zero attached hydrogens (tertiary/aromatic N) is 2. The van der Waals surface area contributed by atoms with Crippen LogP contribution in [-0.4, -0.2) is 15.8 Å². The van der Waals surface area contributed by atoms with E-state index in [0.717, 1.165) is 12.3 Å². The van der Waals surface area contributed by atoms with E-state index < -0.39 is 0 Å². The highest BCUT2D eigenvalue weighted by atomic mass is 15.3. The average Bonchev–Trinajstić information content (AvgIpc) is 2.61. The zero-order valence-corrected chi connectivity index (χ0v) is 8.06. The smallest absolute Gasteiger partial charge is 0.0672 e. The zero-order chi connectivity index (χ0) is 9.26. The molecule has 13 heavy (non-hydrogen) atoms. The Morgan fingerprint density at radius 3 is 3.00 bits per heavy atom. The Bertz CT molecular complexity index is 255. The standard InChI is InChI=1S/C10H17N3/c1-8-3-4-9(11)10(7-8)13-6-2-5-12-13/h2,5-6,8-10H,3-4,7,11H2,1H3. The summed E-state index contributed by atoms with van der Waals surface area (Å²) in [6.45, 7) is 2.29. The van der Waals surface area contributed by atoms with Gasteiger partial charge in [-0.25, -0.2) is 0 Å². The summed E-state index contributed by atoms with van der Waals surface area (Å²) in [5, 5.41) is 4.26. The van der Waals surface area contributed by atoms with Gasteiger partial charge in [-0.3, -0.25) is 4.68 Å². The number of nitrogens with two attached hydrogens (primary N) is 1. The van der Waals surface area contributed by atoms with Crippen LogP contribution in [-0.2, 0) is 0 Å². The van der Waals surface area contributed by atoms with E-state index in [0.29, 0.717) is 6.04 Å². The van der Waals surface area contributed by atoms with Gasteiger partial charge in [-0.15, -0.1) is 0 Å². The normalized spacial score (nSPS) is 34.8. The first-order valence-electron chi connectivity index (χ1n) is 5.02. The number of hydrogen-bond acceptors (Lipinski definition) is 2. The lowest BCUT2D eigenvalue weighted by molar-refractivity contribution is 0.233. The molecule has 0 aliphatic heterocycles. The summed E-state index contributed by atoms with van der Waals surface area (Å²) in [5.41, 5.74) is 6.07. The topological polar surface area (TPSA) is 43.8 Å². The minimum atomic E-state index is 0.288. The highest BCUT2D eigenvalue weighted by Crippen LogP contribution is 2.30. The second kappa shape index (κ2) is 3.50. The highest BCUT2D eigenvalue weighted by Gasteiger charge is 2.27. The van der Waals surface area contributed by atoms with Gasteiger partial charge in [0.25, 0.3) is 0 Å². The maximum Gasteiger partial charge on any atom is 0.0672 e. The molecule has 1 aromatic rings. The molecule has 1 heterocycles. The second-order valence-corrected chi connectivity index (χ2v) is 4.14. The van der Waals surface area contributed by atoms with Crippen LogP contribution in [0.4, 0.5) is 0 Å². The van der Waals surface area contributed by atoms with Crippen LogP contribution in [0.3, 0.4) is 0 Å². The molecule has 2 N–H and O–H groups in total. The molecule has 3 nitrogen and oxygen atoms in total. The second-order valence-electron chi connectivity index (χ2n) is 4.14. The molecule has 3 atom stereocenters. The van der Waals surface area contributed by atoms with Crippen molar-refractivity contribution in [2.75, 3.05) is 0 Å². The Balaban J connectivity index is 2.12. The molecule has 0 amide bonds. The quantitative estimate of drug-likeness (QED) is 0.711. The summed E-state index contributed by atoms with van der Waals surface area (Å²) < 4.78 is 2.01. The summed E-state index contributed by atoms with van der Waals surface area (Å²) in [6, 6.07) is 2.67. The van der Waals surface area contributed by atoms with Crippen LogP contribution in [0.1, 0.15) is 32.2 Å². The fourth-order valence-corrected chi connectivity index (χ4v) is 2.16. The van der Waals surface area contributed by atoms with Crippen molar-refractivity contribution in [3.63, 3.8) is 0 Å². The largest absolute Gasteiger partial charge is 0.326 e. The van der Waals surface area contributed by atoms with Gasteiger partial charge in [0.2, 0.25) is 0 Å². The van der Waals surface area contributed by atoms with Gasteiger partial charge in [-0.2, -0.15) is 5.10 Å². The molecule has 1 aromatic heterocycles. The predicted molar refractivity (Wildman–Crippen MR) is 52.3 cm³/mol. The van der Waals surface area contributed by atoms with Crippen LogP contribution in [0.25, 0.3) is 0 Å². The summed E-state index contributed by atoms with van der Waals surface area (Å²) in [4.78, 5) is 0. The molecule has 2 rings (SSSR count). The van der Waals surface area contributed by atoms with Gasteiger partial charge in [-0.1, -0.05) is 6.92 Å². The zero-order valence-electron chi connectivity index (χ0n) is 8.06.